The molecule has 40 heavy (non-hydrogen) atoms. The molecule has 0 atom stereocenters. The fraction of sp³-hybridized carbons (Fsp3) is 0.367. The molecule has 0 radical (unpaired) electrons. The number of piperazine rings is 1. The maximum atomic E-state index is 12.6. The summed E-state index contributed by atoms with van der Waals surface area (Å²) in [7, 11) is 3.68. The Labute approximate surface area is 240 Å². The molecule has 1 aliphatic heterocycles. The van der Waals surface area contributed by atoms with Crippen LogP contribution in [0.15, 0.2) is 43.2 Å². The summed E-state index contributed by atoms with van der Waals surface area (Å²) in [4.78, 5) is 26.2. The van der Waals surface area contributed by atoms with Crippen LogP contribution in [-0.2, 0) is 6.61 Å². The van der Waals surface area contributed by atoms with Gasteiger partial charge in [0, 0.05) is 49.0 Å². The number of aromatic nitrogens is 2. The summed E-state index contributed by atoms with van der Waals surface area (Å²) < 4.78 is 11.3. The Morgan fingerprint density at radius 3 is 2.52 bits per heavy atom. The van der Waals surface area contributed by atoms with Crippen molar-refractivity contribution < 1.29 is 14.3 Å². The van der Waals surface area contributed by atoms with E-state index in [4.69, 9.17) is 21.1 Å². The highest BCUT2D eigenvalue weighted by Gasteiger charge is 2.25. The van der Waals surface area contributed by atoms with Crippen LogP contribution in [0.25, 0.3) is 6.08 Å². The van der Waals surface area contributed by atoms with E-state index in [0.29, 0.717) is 33.6 Å². The van der Waals surface area contributed by atoms with Crippen molar-refractivity contribution in [3.63, 3.8) is 0 Å². The van der Waals surface area contributed by atoms with E-state index in [-0.39, 0.29) is 18.6 Å². The highest BCUT2D eigenvalue weighted by Crippen LogP contribution is 2.33. The molecule has 1 aromatic heterocycles. The zero-order chi connectivity index (χ0) is 28.2. The molecule has 9 nitrogen and oxygen atoms in total. The summed E-state index contributed by atoms with van der Waals surface area (Å²) in [5, 5.41) is 6.72. The van der Waals surface area contributed by atoms with Gasteiger partial charge in [-0.25, -0.2) is 9.97 Å². The maximum absolute atomic E-state index is 12.6. The van der Waals surface area contributed by atoms with Crippen LogP contribution in [0, 0.1) is 6.92 Å². The Hall–Kier alpha value is -3.82. The number of anilines is 3. The van der Waals surface area contributed by atoms with Crippen molar-refractivity contribution in [3.8, 4) is 11.5 Å². The summed E-state index contributed by atoms with van der Waals surface area (Å²) in [6, 6.07) is 7.96. The van der Waals surface area contributed by atoms with Crippen LogP contribution in [0.3, 0.4) is 0 Å². The molecule has 1 aliphatic carbocycles. The van der Waals surface area contributed by atoms with Crippen molar-refractivity contribution in [2.45, 2.75) is 32.4 Å². The Morgan fingerprint density at radius 1 is 1.15 bits per heavy atom. The molecule has 10 heteroatoms. The molecule has 1 amide bonds. The minimum absolute atomic E-state index is 0.128. The molecule has 2 aromatic carbocycles. The second-order valence-electron chi connectivity index (χ2n) is 10.3. The van der Waals surface area contributed by atoms with Crippen LogP contribution in [0.4, 0.5) is 17.3 Å². The minimum Gasteiger partial charge on any atom is -0.495 e. The number of halogens is 1. The lowest BCUT2D eigenvalue weighted by Crippen LogP contribution is -2.44. The number of carbonyl (C=O) groups excluding carboxylic acids is 1. The van der Waals surface area contributed by atoms with Crippen LogP contribution in [0.5, 0.6) is 11.5 Å². The van der Waals surface area contributed by atoms with Crippen LogP contribution < -0.4 is 25.0 Å². The van der Waals surface area contributed by atoms with Gasteiger partial charge in [-0.2, -0.15) is 0 Å². The van der Waals surface area contributed by atoms with E-state index < -0.39 is 0 Å². The predicted octanol–water partition coefficient (Wildman–Crippen LogP) is 5.06. The molecular formula is C30H35ClN6O3. The summed E-state index contributed by atoms with van der Waals surface area (Å²) in [5.74, 6) is 1.19. The van der Waals surface area contributed by atoms with Crippen molar-refractivity contribution in [2.24, 2.45) is 0 Å². The van der Waals surface area contributed by atoms with E-state index in [1.165, 1.54) is 12.8 Å². The number of hydrogen-bond acceptors (Lipinski definition) is 8. The summed E-state index contributed by atoms with van der Waals surface area (Å²) in [5.41, 5.74) is 5.31. The number of benzene rings is 2. The molecular weight excluding hydrogens is 528 g/mol. The Kier molecular flexibility index (Phi) is 8.42. The van der Waals surface area contributed by atoms with E-state index in [1.807, 2.05) is 6.08 Å². The van der Waals surface area contributed by atoms with Gasteiger partial charge in [0.05, 0.1) is 30.2 Å². The van der Waals surface area contributed by atoms with Crippen molar-refractivity contribution in [3.05, 3.63) is 70.5 Å². The van der Waals surface area contributed by atoms with Gasteiger partial charge in [0.25, 0.3) is 5.91 Å². The molecule has 5 rings (SSSR count). The number of carbonyl (C=O) groups is 1. The minimum atomic E-state index is -0.150. The van der Waals surface area contributed by atoms with Crippen molar-refractivity contribution in [2.75, 3.05) is 50.6 Å². The van der Waals surface area contributed by atoms with E-state index in [1.54, 1.807) is 24.5 Å². The third-order valence-corrected chi connectivity index (χ3v) is 7.64. The normalized spacial score (nSPS) is 15.4. The first-order valence-electron chi connectivity index (χ1n) is 13.4. The molecule has 3 aromatic rings. The SMILES string of the molecule is C=Cc1cc(N2CCN(C)CC2)cc(C)c1Nc1ncc(OCc2cc(C(=O)NC3CC3)cc(OC)c2Cl)cn1. The number of amides is 1. The third kappa shape index (κ3) is 6.48. The third-order valence-electron chi connectivity index (χ3n) is 7.21. The number of hydrogen-bond donors (Lipinski definition) is 2. The largest absolute Gasteiger partial charge is 0.495 e. The van der Waals surface area contributed by atoms with Gasteiger partial charge >= 0.3 is 0 Å². The smallest absolute Gasteiger partial charge is 0.251 e. The van der Waals surface area contributed by atoms with E-state index >= 15 is 0 Å². The Morgan fingerprint density at radius 2 is 1.88 bits per heavy atom. The molecule has 1 saturated heterocycles. The Balaban J connectivity index is 1.26. The number of nitrogens with one attached hydrogen (secondary N) is 2. The second kappa shape index (κ2) is 12.1. The zero-order valence-electron chi connectivity index (χ0n) is 23.2. The van der Waals surface area contributed by atoms with E-state index in [9.17, 15) is 4.79 Å². The number of ether oxygens (including phenoxy) is 2. The molecule has 2 heterocycles. The number of likely N-dealkylation sites (N-methyl/N-ethyl adjacent to an activating group) is 1. The van der Waals surface area contributed by atoms with Gasteiger partial charge in [0.2, 0.25) is 5.95 Å². The second-order valence-corrected chi connectivity index (χ2v) is 10.7. The molecule has 2 N–H and O–H groups in total. The first-order chi connectivity index (χ1) is 19.3. The summed E-state index contributed by atoms with van der Waals surface area (Å²) >= 11 is 6.50. The van der Waals surface area contributed by atoms with E-state index in [2.05, 4.69) is 63.1 Å². The van der Waals surface area contributed by atoms with Gasteiger partial charge in [-0.1, -0.05) is 24.3 Å². The molecule has 2 aliphatic rings. The average molecular weight is 563 g/mol. The molecule has 210 valence electrons. The van der Waals surface area contributed by atoms with Crippen molar-refractivity contribution in [1.82, 2.24) is 20.2 Å². The highest BCUT2D eigenvalue weighted by atomic mass is 35.5. The van der Waals surface area contributed by atoms with Crippen LogP contribution >= 0.6 is 11.6 Å². The van der Waals surface area contributed by atoms with Crippen LogP contribution in [0.1, 0.15) is 39.9 Å². The van der Waals surface area contributed by atoms with Gasteiger partial charge in [0.15, 0.2) is 5.75 Å². The van der Waals surface area contributed by atoms with Gasteiger partial charge < -0.3 is 29.9 Å². The molecule has 0 unspecified atom stereocenters. The number of aryl methyl sites for hydroxylation is 1. The molecule has 0 spiro atoms. The fourth-order valence-corrected chi connectivity index (χ4v) is 4.88. The van der Waals surface area contributed by atoms with Crippen molar-refractivity contribution >= 4 is 40.9 Å². The molecule has 0 bridgehead atoms. The molecule has 2 fully saturated rings. The monoisotopic (exact) mass is 562 g/mol. The number of methoxy groups -OCH3 is 1. The first kappa shape index (κ1) is 27.7. The predicted molar refractivity (Wildman–Crippen MR) is 159 cm³/mol. The lowest BCUT2D eigenvalue weighted by atomic mass is 10.1. The lowest BCUT2D eigenvalue weighted by Gasteiger charge is -2.34. The summed E-state index contributed by atoms with van der Waals surface area (Å²) in [6.45, 7) is 10.3. The van der Waals surface area contributed by atoms with Gasteiger partial charge in [-0.05, 0) is 62.2 Å². The molecule has 1 saturated carbocycles. The standard InChI is InChI=1S/C30H35ClN6O3/c1-5-20-14-24(37-10-8-36(3)9-11-37)12-19(2)28(20)35-30-32-16-25(17-33-30)40-18-22-13-21(15-26(39-4)27(22)31)29(38)34-23-6-7-23/h5,12-17,23H,1,6-11,18H2,2-4H3,(H,34,38)(H,32,33,35). The highest BCUT2D eigenvalue weighted by molar-refractivity contribution is 6.33. The number of rotatable bonds is 10. The zero-order valence-corrected chi connectivity index (χ0v) is 23.9. The topological polar surface area (TPSA) is 91.8 Å². The quantitative estimate of drug-likeness (QED) is 0.354. The first-order valence-corrected chi connectivity index (χ1v) is 13.8. The van der Waals surface area contributed by atoms with Gasteiger partial charge in [0.1, 0.15) is 12.4 Å². The van der Waals surface area contributed by atoms with Gasteiger partial charge in [-0.3, -0.25) is 4.79 Å². The summed E-state index contributed by atoms with van der Waals surface area (Å²) in [6.07, 6.45) is 7.07. The average Bonchev–Trinajstić information content (AvgIpc) is 3.78. The Bertz CT molecular complexity index is 1390. The lowest BCUT2D eigenvalue weighted by molar-refractivity contribution is 0.0950. The number of nitrogens with zero attached hydrogens (tertiary/aromatic N) is 4. The maximum Gasteiger partial charge on any atom is 0.251 e. The van der Waals surface area contributed by atoms with Crippen LogP contribution in [-0.4, -0.2) is 67.2 Å². The van der Waals surface area contributed by atoms with Crippen molar-refractivity contribution in [1.29, 1.82) is 0 Å². The fourth-order valence-electron chi connectivity index (χ4n) is 4.64. The van der Waals surface area contributed by atoms with E-state index in [0.717, 1.165) is 55.8 Å². The van der Waals surface area contributed by atoms with Crippen LogP contribution in [0.2, 0.25) is 5.02 Å². The van der Waals surface area contributed by atoms with Gasteiger partial charge in [-0.15, -0.1) is 0 Å².